The van der Waals surface area contributed by atoms with Crippen LogP contribution in [0.2, 0.25) is 0 Å². The maximum Gasteiger partial charge on any atom is 0.271 e. The molecule has 2 aliphatic rings. The van der Waals surface area contributed by atoms with Gasteiger partial charge in [-0.05, 0) is 44.2 Å². The van der Waals surface area contributed by atoms with E-state index in [2.05, 4.69) is 5.32 Å². The van der Waals surface area contributed by atoms with E-state index >= 15 is 0 Å². The average molecular weight is 339 g/mol. The number of nitrogens with zero attached hydrogens (tertiary/aromatic N) is 2. The second-order valence-electron chi connectivity index (χ2n) is 6.43. The fourth-order valence-corrected chi connectivity index (χ4v) is 5.27. The molecule has 2 aliphatic heterocycles. The van der Waals surface area contributed by atoms with Crippen molar-refractivity contribution in [3.05, 3.63) is 33.4 Å². The van der Waals surface area contributed by atoms with Crippen molar-refractivity contribution in [2.45, 2.75) is 50.1 Å². The van der Waals surface area contributed by atoms with Crippen molar-refractivity contribution in [3.8, 4) is 0 Å². The van der Waals surface area contributed by atoms with Crippen molar-refractivity contribution in [2.24, 2.45) is 0 Å². The lowest BCUT2D eigenvalue weighted by Crippen LogP contribution is -2.39. The Morgan fingerprint density at radius 1 is 1.22 bits per heavy atom. The van der Waals surface area contributed by atoms with Gasteiger partial charge in [-0.25, -0.2) is 8.42 Å². The molecule has 8 heteroatoms. The highest BCUT2D eigenvalue weighted by atomic mass is 32.2. The predicted octanol–water partition coefficient (Wildman–Crippen LogP) is 1.73. The monoisotopic (exact) mass is 339 g/mol. The lowest BCUT2D eigenvalue weighted by molar-refractivity contribution is -0.385. The largest absolute Gasteiger partial charge is 0.310 e. The molecule has 1 aromatic rings. The van der Waals surface area contributed by atoms with E-state index in [9.17, 15) is 18.5 Å². The van der Waals surface area contributed by atoms with Gasteiger partial charge in [0.1, 0.15) is 0 Å². The van der Waals surface area contributed by atoms with Crippen molar-refractivity contribution in [3.63, 3.8) is 0 Å². The summed E-state index contributed by atoms with van der Waals surface area (Å²) in [6.07, 6.45) is 2.85. The molecule has 1 aromatic carbocycles. The maximum absolute atomic E-state index is 13.0. The van der Waals surface area contributed by atoms with E-state index in [1.807, 2.05) is 0 Å². The van der Waals surface area contributed by atoms with Crippen LogP contribution in [0, 0.1) is 24.0 Å². The molecule has 1 N–H and O–H groups in total. The first kappa shape index (κ1) is 16.4. The summed E-state index contributed by atoms with van der Waals surface area (Å²) in [5.74, 6) is 0. The molecule has 0 aromatic heterocycles. The van der Waals surface area contributed by atoms with Crippen LogP contribution < -0.4 is 5.32 Å². The Morgan fingerprint density at radius 2 is 1.91 bits per heavy atom. The molecule has 126 valence electrons. The summed E-state index contributed by atoms with van der Waals surface area (Å²) in [5, 5.41) is 14.5. The zero-order chi connectivity index (χ0) is 16.8. The lowest BCUT2D eigenvalue weighted by atomic mass is 10.1. The van der Waals surface area contributed by atoms with Gasteiger partial charge in [-0.2, -0.15) is 4.31 Å². The van der Waals surface area contributed by atoms with E-state index in [1.165, 1.54) is 16.4 Å². The molecular formula is C15H21N3O4S. The number of aryl methyl sites for hydroxylation is 1. The summed E-state index contributed by atoms with van der Waals surface area (Å²) in [7, 11) is -3.73. The summed E-state index contributed by atoms with van der Waals surface area (Å²) in [5.41, 5.74) is 1.02. The van der Waals surface area contributed by atoms with Crippen molar-refractivity contribution >= 4 is 15.7 Å². The predicted molar refractivity (Wildman–Crippen MR) is 85.9 cm³/mol. The molecule has 2 saturated heterocycles. The Hall–Kier alpha value is -1.51. The van der Waals surface area contributed by atoms with Crippen LogP contribution in [0.3, 0.4) is 0 Å². The minimum absolute atomic E-state index is 0.0574. The molecule has 2 bridgehead atoms. The highest BCUT2D eigenvalue weighted by Crippen LogP contribution is 2.30. The maximum atomic E-state index is 13.0. The molecule has 2 atom stereocenters. The zero-order valence-corrected chi connectivity index (χ0v) is 14.1. The van der Waals surface area contributed by atoms with Gasteiger partial charge in [-0.15, -0.1) is 0 Å². The number of benzene rings is 1. The van der Waals surface area contributed by atoms with Crippen LogP contribution >= 0.6 is 0 Å². The molecule has 0 amide bonds. The highest BCUT2D eigenvalue weighted by Gasteiger charge is 2.36. The highest BCUT2D eigenvalue weighted by molar-refractivity contribution is 7.89. The SMILES string of the molecule is Cc1cc([N+](=O)[O-])cc(S(=O)(=O)N2CCC3CCC(C2)N3)c1C. The number of hydrogen-bond donors (Lipinski definition) is 1. The smallest absolute Gasteiger partial charge is 0.271 e. The summed E-state index contributed by atoms with van der Waals surface area (Å²) in [4.78, 5) is 10.6. The Labute approximate surface area is 135 Å². The summed E-state index contributed by atoms with van der Waals surface area (Å²) < 4.78 is 27.6. The third-order valence-corrected chi connectivity index (χ3v) is 6.91. The Kier molecular flexibility index (Phi) is 4.16. The third kappa shape index (κ3) is 2.98. The van der Waals surface area contributed by atoms with Crippen LogP contribution in [-0.2, 0) is 10.0 Å². The first-order valence-corrected chi connectivity index (χ1v) is 9.25. The van der Waals surface area contributed by atoms with Gasteiger partial charge in [-0.3, -0.25) is 10.1 Å². The molecule has 0 spiro atoms. The molecule has 0 radical (unpaired) electrons. The van der Waals surface area contributed by atoms with Gasteiger partial charge in [-0.1, -0.05) is 0 Å². The van der Waals surface area contributed by atoms with Crippen molar-refractivity contribution in [1.82, 2.24) is 9.62 Å². The summed E-state index contributed by atoms with van der Waals surface area (Å²) in [6.45, 7) is 4.29. The van der Waals surface area contributed by atoms with Crippen LogP contribution in [-0.4, -0.2) is 42.8 Å². The third-order valence-electron chi connectivity index (χ3n) is 4.92. The molecule has 2 fully saturated rings. The summed E-state index contributed by atoms with van der Waals surface area (Å²) in [6, 6.07) is 3.17. The fraction of sp³-hybridized carbons (Fsp3) is 0.600. The number of non-ortho nitro benzene ring substituents is 1. The van der Waals surface area contributed by atoms with Crippen molar-refractivity contribution < 1.29 is 13.3 Å². The standard InChI is InChI=1S/C15H21N3O4S/c1-10-7-14(18(19)20)8-15(11(10)2)23(21,22)17-6-5-12-3-4-13(9-17)16-12/h7-8,12-13,16H,3-6,9H2,1-2H3. The minimum Gasteiger partial charge on any atom is -0.310 e. The number of sulfonamides is 1. The van der Waals surface area contributed by atoms with Gasteiger partial charge in [0, 0.05) is 37.3 Å². The van der Waals surface area contributed by atoms with Crippen LogP contribution in [0.1, 0.15) is 30.4 Å². The van der Waals surface area contributed by atoms with E-state index in [0.717, 1.165) is 19.3 Å². The second kappa shape index (κ2) is 5.85. The van der Waals surface area contributed by atoms with Crippen LogP contribution in [0.25, 0.3) is 0 Å². The molecule has 2 unspecified atom stereocenters. The molecule has 2 heterocycles. The molecule has 0 aliphatic carbocycles. The number of hydrogen-bond acceptors (Lipinski definition) is 5. The van der Waals surface area contributed by atoms with Crippen molar-refractivity contribution in [1.29, 1.82) is 0 Å². The molecular weight excluding hydrogens is 318 g/mol. The van der Waals surface area contributed by atoms with Crippen LogP contribution in [0.4, 0.5) is 5.69 Å². The van der Waals surface area contributed by atoms with E-state index < -0.39 is 14.9 Å². The first-order valence-electron chi connectivity index (χ1n) is 7.81. The first-order chi connectivity index (χ1) is 10.8. The molecule has 0 saturated carbocycles. The van der Waals surface area contributed by atoms with Gasteiger partial charge in [0.25, 0.3) is 5.69 Å². The van der Waals surface area contributed by atoms with Gasteiger partial charge in [0.15, 0.2) is 0 Å². The van der Waals surface area contributed by atoms with E-state index in [4.69, 9.17) is 0 Å². The lowest BCUT2D eigenvalue weighted by Gasteiger charge is -2.24. The van der Waals surface area contributed by atoms with Gasteiger partial charge in [0.2, 0.25) is 10.0 Å². The minimum atomic E-state index is -3.73. The number of fused-ring (bicyclic) bond motifs is 2. The number of nitrogens with one attached hydrogen (secondary N) is 1. The van der Waals surface area contributed by atoms with Gasteiger partial charge >= 0.3 is 0 Å². The van der Waals surface area contributed by atoms with Crippen LogP contribution in [0.15, 0.2) is 17.0 Å². The van der Waals surface area contributed by atoms with Crippen LogP contribution in [0.5, 0.6) is 0 Å². The Morgan fingerprint density at radius 3 is 2.61 bits per heavy atom. The van der Waals surface area contributed by atoms with E-state index in [1.54, 1.807) is 13.8 Å². The van der Waals surface area contributed by atoms with Gasteiger partial charge in [0.05, 0.1) is 9.82 Å². The average Bonchev–Trinajstić information content (AvgIpc) is 2.79. The Bertz CT molecular complexity index is 747. The summed E-state index contributed by atoms with van der Waals surface area (Å²) >= 11 is 0. The zero-order valence-electron chi connectivity index (χ0n) is 13.3. The number of rotatable bonds is 3. The van der Waals surface area contributed by atoms with Gasteiger partial charge < -0.3 is 5.32 Å². The second-order valence-corrected chi connectivity index (χ2v) is 8.34. The van der Waals surface area contributed by atoms with Crippen molar-refractivity contribution in [2.75, 3.05) is 13.1 Å². The Balaban J connectivity index is 2.00. The topological polar surface area (TPSA) is 92.5 Å². The fourth-order valence-electron chi connectivity index (χ4n) is 3.45. The molecule has 23 heavy (non-hydrogen) atoms. The quantitative estimate of drug-likeness (QED) is 0.669. The van der Waals surface area contributed by atoms with E-state index in [-0.39, 0.29) is 16.6 Å². The number of nitro benzene ring substituents is 1. The molecule has 3 rings (SSSR count). The normalized spacial score (nSPS) is 25.3. The number of nitro groups is 1. The molecule has 7 nitrogen and oxygen atoms in total. The van der Waals surface area contributed by atoms with E-state index in [0.29, 0.717) is 30.3 Å².